The van der Waals surface area contributed by atoms with E-state index >= 15 is 0 Å². The number of carboxylic acids is 1. The molecule has 1 aromatic heterocycles. The first-order chi connectivity index (χ1) is 11.5. The van der Waals surface area contributed by atoms with E-state index in [1.807, 2.05) is 18.7 Å². The van der Waals surface area contributed by atoms with Crippen LogP contribution in [-0.2, 0) is 4.79 Å². The number of hydrogen-bond acceptors (Lipinski definition) is 4. The third-order valence-corrected chi connectivity index (χ3v) is 4.54. The van der Waals surface area contributed by atoms with Gasteiger partial charge < -0.3 is 10.0 Å². The molecule has 1 unspecified atom stereocenters. The summed E-state index contributed by atoms with van der Waals surface area (Å²) >= 11 is 0. The van der Waals surface area contributed by atoms with Gasteiger partial charge in [-0.05, 0) is 45.2 Å². The van der Waals surface area contributed by atoms with Crippen LogP contribution in [0.3, 0.4) is 0 Å². The van der Waals surface area contributed by atoms with Gasteiger partial charge in [-0.2, -0.15) is 0 Å². The van der Waals surface area contributed by atoms with Crippen LogP contribution in [-0.4, -0.2) is 33.6 Å². The Hall–Kier alpha value is -2.50. The van der Waals surface area contributed by atoms with Gasteiger partial charge in [-0.15, -0.1) is 0 Å². The highest BCUT2D eigenvalue weighted by Gasteiger charge is 2.31. The molecule has 24 heavy (non-hydrogen) atoms. The van der Waals surface area contributed by atoms with E-state index < -0.39 is 12.0 Å². The number of nitrogens with zero attached hydrogens (tertiary/aromatic N) is 3. The number of carbonyl (C=O) groups is 1. The number of anilines is 1. The van der Waals surface area contributed by atoms with Crippen molar-refractivity contribution in [3.63, 3.8) is 0 Å². The monoisotopic (exact) mass is 329 g/mol. The number of benzene rings is 1. The molecule has 1 atom stereocenters. The van der Waals surface area contributed by atoms with Gasteiger partial charge in [0.1, 0.15) is 17.7 Å². The van der Waals surface area contributed by atoms with Gasteiger partial charge in [0.2, 0.25) is 0 Å². The summed E-state index contributed by atoms with van der Waals surface area (Å²) in [5, 5.41) is 9.52. The predicted molar refractivity (Wildman–Crippen MR) is 89.5 cm³/mol. The first kappa shape index (κ1) is 16.4. The van der Waals surface area contributed by atoms with Crippen molar-refractivity contribution in [2.75, 3.05) is 11.4 Å². The zero-order chi connectivity index (χ0) is 17.3. The number of rotatable bonds is 3. The summed E-state index contributed by atoms with van der Waals surface area (Å²) in [5.74, 6) is -0.355. The quantitative estimate of drug-likeness (QED) is 0.935. The van der Waals surface area contributed by atoms with E-state index in [0.717, 1.165) is 24.1 Å². The zero-order valence-electron chi connectivity index (χ0n) is 13.8. The van der Waals surface area contributed by atoms with Crippen LogP contribution in [0.5, 0.6) is 0 Å². The molecule has 0 spiro atoms. The average molecular weight is 329 g/mol. The standard InChI is InChI=1S/C18H20FN3O2/c1-11-12(2)20-16(13-7-3-4-8-14(13)19)21-17(11)22-10-6-5-9-15(22)18(23)24/h3-4,7-8,15H,5-6,9-10H2,1-2H3,(H,23,24). The van der Waals surface area contributed by atoms with Crippen molar-refractivity contribution in [1.82, 2.24) is 9.97 Å². The van der Waals surface area contributed by atoms with E-state index in [1.54, 1.807) is 18.2 Å². The minimum Gasteiger partial charge on any atom is -0.480 e. The molecule has 1 fully saturated rings. The Balaban J connectivity index is 2.11. The predicted octanol–water partition coefficient (Wildman–Crippen LogP) is 3.34. The van der Waals surface area contributed by atoms with Crippen LogP contribution in [0, 0.1) is 19.7 Å². The minimum atomic E-state index is -0.849. The molecule has 2 aromatic rings. The van der Waals surface area contributed by atoms with E-state index in [1.165, 1.54) is 6.07 Å². The Bertz CT molecular complexity index is 779. The molecule has 6 heteroatoms. The summed E-state index contributed by atoms with van der Waals surface area (Å²) in [6.07, 6.45) is 2.39. The highest BCUT2D eigenvalue weighted by molar-refractivity contribution is 5.78. The Morgan fingerprint density at radius 3 is 2.71 bits per heavy atom. The Kier molecular flexibility index (Phi) is 4.46. The molecule has 5 nitrogen and oxygen atoms in total. The lowest BCUT2D eigenvalue weighted by atomic mass is 10.0. The number of aliphatic carboxylic acids is 1. The topological polar surface area (TPSA) is 66.3 Å². The Morgan fingerprint density at radius 2 is 2.00 bits per heavy atom. The molecule has 1 saturated heterocycles. The molecule has 0 bridgehead atoms. The fourth-order valence-corrected chi connectivity index (χ4v) is 3.10. The van der Waals surface area contributed by atoms with Gasteiger partial charge in [-0.3, -0.25) is 0 Å². The van der Waals surface area contributed by atoms with Crippen LogP contribution < -0.4 is 4.90 Å². The van der Waals surface area contributed by atoms with Crippen LogP contribution in [0.2, 0.25) is 0 Å². The first-order valence-electron chi connectivity index (χ1n) is 8.08. The Labute approximate surface area is 140 Å². The molecule has 0 aliphatic carbocycles. The third kappa shape index (κ3) is 2.96. The number of halogens is 1. The first-order valence-corrected chi connectivity index (χ1v) is 8.08. The second-order valence-corrected chi connectivity index (χ2v) is 6.10. The highest BCUT2D eigenvalue weighted by atomic mass is 19.1. The van der Waals surface area contributed by atoms with Gasteiger partial charge in [-0.1, -0.05) is 12.1 Å². The van der Waals surface area contributed by atoms with Crippen molar-refractivity contribution >= 4 is 11.8 Å². The maximum absolute atomic E-state index is 14.1. The summed E-state index contributed by atoms with van der Waals surface area (Å²) < 4.78 is 14.1. The third-order valence-electron chi connectivity index (χ3n) is 4.54. The van der Waals surface area contributed by atoms with Crippen LogP contribution in [0.15, 0.2) is 24.3 Å². The molecule has 3 rings (SSSR count). The second kappa shape index (κ2) is 6.55. The molecule has 1 aromatic carbocycles. The molecular formula is C18H20FN3O2. The molecule has 0 radical (unpaired) electrons. The van der Waals surface area contributed by atoms with Gasteiger partial charge in [0, 0.05) is 17.8 Å². The zero-order valence-corrected chi connectivity index (χ0v) is 13.8. The van der Waals surface area contributed by atoms with Crippen molar-refractivity contribution in [3.8, 4) is 11.4 Å². The number of piperidine rings is 1. The van der Waals surface area contributed by atoms with Gasteiger partial charge >= 0.3 is 5.97 Å². The summed E-state index contributed by atoms with van der Waals surface area (Å²) in [7, 11) is 0. The normalized spacial score (nSPS) is 17.8. The molecule has 1 N–H and O–H groups in total. The fourth-order valence-electron chi connectivity index (χ4n) is 3.10. The van der Waals surface area contributed by atoms with Crippen molar-refractivity contribution in [1.29, 1.82) is 0 Å². The largest absolute Gasteiger partial charge is 0.480 e. The summed E-state index contributed by atoms with van der Waals surface area (Å²) in [6, 6.07) is 5.76. The lowest BCUT2D eigenvalue weighted by Crippen LogP contribution is -2.45. The number of hydrogen-bond donors (Lipinski definition) is 1. The Morgan fingerprint density at radius 1 is 1.25 bits per heavy atom. The maximum Gasteiger partial charge on any atom is 0.326 e. The van der Waals surface area contributed by atoms with E-state index in [0.29, 0.717) is 30.2 Å². The van der Waals surface area contributed by atoms with Crippen LogP contribution in [0.1, 0.15) is 30.5 Å². The molecule has 2 heterocycles. The summed E-state index contributed by atoms with van der Waals surface area (Å²) in [4.78, 5) is 22.4. The van der Waals surface area contributed by atoms with Gasteiger partial charge in [0.05, 0.1) is 5.56 Å². The smallest absolute Gasteiger partial charge is 0.326 e. The van der Waals surface area contributed by atoms with E-state index in [2.05, 4.69) is 9.97 Å². The SMILES string of the molecule is Cc1nc(-c2ccccc2F)nc(N2CCCCC2C(=O)O)c1C. The summed E-state index contributed by atoms with van der Waals surface area (Å²) in [6.45, 7) is 4.35. The molecule has 0 saturated carbocycles. The number of aromatic nitrogens is 2. The molecular weight excluding hydrogens is 309 g/mol. The van der Waals surface area contributed by atoms with Crippen LogP contribution >= 0.6 is 0 Å². The lowest BCUT2D eigenvalue weighted by Gasteiger charge is -2.35. The van der Waals surface area contributed by atoms with Crippen molar-refractivity contribution < 1.29 is 14.3 Å². The maximum atomic E-state index is 14.1. The van der Waals surface area contributed by atoms with Gasteiger partial charge in [-0.25, -0.2) is 19.2 Å². The number of carboxylic acid groups (broad SMARTS) is 1. The van der Waals surface area contributed by atoms with E-state index in [4.69, 9.17) is 0 Å². The van der Waals surface area contributed by atoms with Crippen molar-refractivity contribution in [2.24, 2.45) is 0 Å². The molecule has 1 aliphatic heterocycles. The summed E-state index contributed by atoms with van der Waals surface area (Å²) in [5.41, 5.74) is 1.89. The van der Waals surface area contributed by atoms with Crippen molar-refractivity contribution in [3.05, 3.63) is 41.3 Å². The molecule has 1 aliphatic rings. The fraction of sp³-hybridized carbons (Fsp3) is 0.389. The molecule has 0 amide bonds. The minimum absolute atomic E-state index is 0.293. The second-order valence-electron chi connectivity index (χ2n) is 6.10. The van der Waals surface area contributed by atoms with Gasteiger partial charge in [0.25, 0.3) is 0 Å². The van der Waals surface area contributed by atoms with Gasteiger partial charge in [0.15, 0.2) is 5.82 Å². The number of aryl methyl sites for hydroxylation is 1. The van der Waals surface area contributed by atoms with Crippen LogP contribution in [0.25, 0.3) is 11.4 Å². The van der Waals surface area contributed by atoms with E-state index in [9.17, 15) is 14.3 Å². The average Bonchev–Trinajstić information content (AvgIpc) is 2.57. The highest BCUT2D eigenvalue weighted by Crippen LogP contribution is 2.30. The van der Waals surface area contributed by atoms with E-state index in [-0.39, 0.29) is 5.82 Å². The van der Waals surface area contributed by atoms with Crippen molar-refractivity contribution in [2.45, 2.75) is 39.2 Å². The van der Waals surface area contributed by atoms with Crippen LogP contribution in [0.4, 0.5) is 10.2 Å². The lowest BCUT2D eigenvalue weighted by molar-refractivity contribution is -0.139. The molecule has 126 valence electrons.